The van der Waals surface area contributed by atoms with Crippen molar-refractivity contribution < 1.29 is 23.5 Å². The quantitative estimate of drug-likeness (QED) is 0.580. The Hall–Kier alpha value is -3.68. The molecule has 7 nitrogen and oxygen atoms in total. The van der Waals surface area contributed by atoms with E-state index in [4.69, 9.17) is 4.74 Å². The van der Waals surface area contributed by atoms with Crippen LogP contribution in [0.5, 0.6) is 0 Å². The van der Waals surface area contributed by atoms with Crippen LogP contribution in [0, 0.1) is 5.82 Å². The van der Waals surface area contributed by atoms with Gasteiger partial charge >= 0.3 is 5.97 Å². The number of carbonyl (C=O) groups excluding carboxylic acids is 3. The predicted molar refractivity (Wildman–Crippen MR) is 96.6 cm³/mol. The van der Waals surface area contributed by atoms with Crippen LogP contribution in [0.15, 0.2) is 54.7 Å². The van der Waals surface area contributed by atoms with Gasteiger partial charge in [-0.05, 0) is 30.3 Å². The predicted octanol–water partition coefficient (Wildman–Crippen LogP) is 2.22. The third-order valence-corrected chi connectivity index (χ3v) is 3.72. The van der Waals surface area contributed by atoms with Crippen molar-refractivity contribution in [3.8, 4) is 0 Å². The van der Waals surface area contributed by atoms with Crippen molar-refractivity contribution in [1.29, 1.82) is 0 Å². The lowest BCUT2D eigenvalue weighted by Crippen LogP contribution is -2.35. The Morgan fingerprint density at radius 1 is 1.00 bits per heavy atom. The number of aromatic nitrogens is 1. The maximum Gasteiger partial charge on any atom is 0.340 e. The number of benzene rings is 2. The summed E-state index contributed by atoms with van der Waals surface area (Å²) < 4.78 is 17.8. The van der Waals surface area contributed by atoms with E-state index in [0.29, 0.717) is 16.6 Å². The van der Waals surface area contributed by atoms with Gasteiger partial charge in [0.15, 0.2) is 6.61 Å². The molecular weight excluding hydrogens is 353 g/mol. The first-order chi connectivity index (χ1) is 13.0. The Morgan fingerprint density at radius 2 is 1.74 bits per heavy atom. The molecule has 0 aliphatic rings. The van der Waals surface area contributed by atoms with Crippen LogP contribution in [-0.2, 0) is 14.3 Å². The molecule has 138 valence electrons. The van der Waals surface area contributed by atoms with Gasteiger partial charge in [0.1, 0.15) is 5.82 Å². The highest BCUT2D eigenvalue weighted by atomic mass is 19.1. The number of ether oxygens (including phenoxy) is 1. The van der Waals surface area contributed by atoms with Crippen LogP contribution in [0.3, 0.4) is 0 Å². The van der Waals surface area contributed by atoms with Crippen molar-refractivity contribution >= 4 is 34.4 Å². The smallest absolute Gasteiger partial charge is 0.340 e. The first kappa shape index (κ1) is 18.1. The molecule has 0 unspecified atom stereocenters. The average molecular weight is 369 g/mol. The van der Waals surface area contributed by atoms with E-state index in [1.165, 1.54) is 30.5 Å². The molecule has 27 heavy (non-hydrogen) atoms. The van der Waals surface area contributed by atoms with E-state index in [2.05, 4.69) is 15.6 Å². The van der Waals surface area contributed by atoms with E-state index in [9.17, 15) is 18.8 Å². The SMILES string of the molecule is O=C(COC(=O)c1c[nH]c2ccccc12)NCC(=O)Nc1ccc(F)cc1. The van der Waals surface area contributed by atoms with E-state index in [0.717, 1.165) is 5.52 Å². The second kappa shape index (κ2) is 8.13. The highest BCUT2D eigenvalue weighted by molar-refractivity contribution is 6.04. The standard InChI is InChI=1S/C19H16FN3O4/c20-12-5-7-13(8-6-12)23-17(24)10-22-18(25)11-27-19(26)15-9-21-16-4-2-1-3-14(15)16/h1-9,21H,10-11H2,(H,22,25)(H,23,24). The summed E-state index contributed by atoms with van der Waals surface area (Å²) in [6.07, 6.45) is 1.51. The molecule has 3 N–H and O–H groups in total. The summed E-state index contributed by atoms with van der Waals surface area (Å²) in [7, 11) is 0. The number of anilines is 1. The molecule has 0 aliphatic carbocycles. The third-order valence-electron chi connectivity index (χ3n) is 3.72. The van der Waals surface area contributed by atoms with Crippen LogP contribution < -0.4 is 10.6 Å². The Labute approximate surface area is 153 Å². The minimum absolute atomic E-state index is 0.305. The molecule has 2 aromatic carbocycles. The molecule has 8 heteroatoms. The van der Waals surface area contributed by atoms with Gasteiger partial charge in [0.25, 0.3) is 5.91 Å². The van der Waals surface area contributed by atoms with Crippen LogP contribution >= 0.6 is 0 Å². The molecule has 0 spiro atoms. The molecule has 1 aromatic heterocycles. The Balaban J connectivity index is 1.44. The summed E-state index contributed by atoms with van der Waals surface area (Å²) in [6, 6.07) is 12.4. The molecular formula is C19H16FN3O4. The molecule has 3 rings (SSSR count). The normalized spacial score (nSPS) is 10.4. The van der Waals surface area contributed by atoms with E-state index >= 15 is 0 Å². The number of nitrogens with one attached hydrogen (secondary N) is 3. The second-order valence-corrected chi connectivity index (χ2v) is 5.66. The monoisotopic (exact) mass is 369 g/mol. The number of fused-ring (bicyclic) bond motifs is 1. The first-order valence-corrected chi connectivity index (χ1v) is 8.08. The highest BCUT2D eigenvalue weighted by Gasteiger charge is 2.15. The Bertz CT molecular complexity index is 982. The summed E-state index contributed by atoms with van der Waals surface area (Å²) in [5, 5.41) is 5.54. The fraction of sp³-hybridized carbons (Fsp3) is 0.105. The van der Waals surface area contributed by atoms with Crippen LogP contribution in [0.1, 0.15) is 10.4 Å². The fourth-order valence-corrected chi connectivity index (χ4v) is 2.42. The van der Waals surface area contributed by atoms with Gasteiger partial charge in [0, 0.05) is 22.8 Å². The molecule has 0 fully saturated rings. The van der Waals surface area contributed by atoms with Gasteiger partial charge in [-0.15, -0.1) is 0 Å². The largest absolute Gasteiger partial charge is 0.452 e. The maximum absolute atomic E-state index is 12.8. The Kier molecular flexibility index (Phi) is 5.46. The van der Waals surface area contributed by atoms with Gasteiger partial charge < -0.3 is 20.4 Å². The van der Waals surface area contributed by atoms with Crippen LogP contribution in [0.4, 0.5) is 10.1 Å². The van der Waals surface area contributed by atoms with Crippen LogP contribution in [-0.4, -0.2) is 35.9 Å². The minimum atomic E-state index is -0.640. The van der Waals surface area contributed by atoms with E-state index < -0.39 is 30.2 Å². The molecule has 3 aromatic rings. The zero-order chi connectivity index (χ0) is 19.2. The van der Waals surface area contributed by atoms with Crippen molar-refractivity contribution in [3.63, 3.8) is 0 Å². The molecule has 2 amide bonds. The van der Waals surface area contributed by atoms with Crippen LogP contribution in [0.2, 0.25) is 0 Å². The van der Waals surface area contributed by atoms with E-state index in [1.807, 2.05) is 12.1 Å². The molecule has 0 atom stereocenters. The van der Waals surface area contributed by atoms with Crippen molar-refractivity contribution in [1.82, 2.24) is 10.3 Å². The number of rotatable bonds is 6. The minimum Gasteiger partial charge on any atom is -0.452 e. The number of halogens is 1. The zero-order valence-electron chi connectivity index (χ0n) is 14.1. The Morgan fingerprint density at radius 3 is 2.52 bits per heavy atom. The lowest BCUT2D eigenvalue weighted by Gasteiger charge is -2.07. The second-order valence-electron chi connectivity index (χ2n) is 5.66. The van der Waals surface area contributed by atoms with Crippen molar-refractivity contribution in [3.05, 3.63) is 66.1 Å². The van der Waals surface area contributed by atoms with Crippen LogP contribution in [0.25, 0.3) is 10.9 Å². The van der Waals surface area contributed by atoms with E-state index in [1.54, 1.807) is 12.1 Å². The van der Waals surface area contributed by atoms with Gasteiger partial charge in [0.2, 0.25) is 5.91 Å². The lowest BCUT2D eigenvalue weighted by molar-refractivity contribution is -0.126. The summed E-state index contributed by atoms with van der Waals surface area (Å²) in [5.41, 5.74) is 1.51. The van der Waals surface area contributed by atoms with Gasteiger partial charge in [-0.3, -0.25) is 9.59 Å². The lowest BCUT2D eigenvalue weighted by atomic mass is 10.2. The summed E-state index contributed by atoms with van der Waals surface area (Å²) in [5.74, 6) is -2.16. The number of hydrogen-bond donors (Lipinski definition) is 3. The number of amides is 2. The van der Waals surface area contributed by atoms with Gasteiger partial charge in [-0.25, -0.2) is 9.18 Å². The number of aromatic amines is 1. The first-order valence-electron chi connectivity index (χ1n) is 8.08. The number of esters is 1. The number of hydrogen-bond acceptors (Lipinski definition) is 4. The summed E-state index contributed by atoms with van der Waals surface area (Å²) in [4.78, 5) is 38.5. The van der Waals surface area contributed by atoms with Crippen molar-refractivity contribution in [2.24, 2.45) is 0 Å². The molecule has 0 saturated carbocycles. The highest BCUT2D eigenvalue weighted by Crippen LogP contribution is 2.18. The van der Waals surface area contributed by atoms with Gasteiger partial charge in [-0.1, -0.05) is 18.2 Å². The number of para-hydroxylation sites is 1. The van der Waals surface area contributed by atoms with Crippen molar-refractivity contribution in [2.75, 3.05) is 18.5 Å². The summed E-state index contributed by atoms with van der Waals surface area (Å²) in [6.45, 7) is -0.816. The van der Waals surface area contributed by atoms with E-state index in [-0.39, 0.29) is 6.54 Å². The van der Waals surface area contributed by atoms with Gasteiger partial charge in [0.05, 0.1) is 12.1 Å². The van der Waals surface area contributed by atoms with Crippen molar-refractivity contribution in [2.45, 2.75) is 0 Å². The number of carbonyl (C=O) groups is 3. The zero-order valence-corrected chi connectivity index (χ0v) is 14.1. The third kappa shape index (κ3) is 4.69. The topological polar surface area (TPSA) is 100 Å². The molecule has 0 saturated heterocycles. The molecule has 0 radical (unpaired) electrons. The molecule has 0 aliphatic heterocycles. The average Bonchev–Trinajstić information content (AvgIpc) is 3.10. The fourth-order valence-electron chi connectivity index (χ4n) is 2.42. The number of H-pyrrole nitrogens is 1. The molecule has 1 heterocycles. The molecule has 0 bridgehead atoms. The van der Waals surface area contributed by atoms with Gasteiger partial charge in [-0.2, -0.15) is 0 Å². The summed E-state index contributed by atoms with van der Waals surface area (Å²) >= 11 is 0. The maximum atomic E-state index is 12.8.